The molecule has 0 aliphatic rings. The number of benzene rings is 4. The van der Waals surface area contributed by atoms with E-state index in [4.69, 9.17) is 0 Å². The van der Waals surface area contributed by atoms with Crippen LogP contribution in [0.1, 0.15) is 6.92 Å². The third kappa shape index (κ3) is 4.38. The van der Waals surface area contributed by atoms with Crippen LogP contribution in [0.15, 0.2) is 102 Å². The molecular weight excluding hydrogens is 444 g/mol. The molecule has 1 atom stereocenters. The second-order valence-electron chi connectivity index (χ2n) is 7.80. The predicted octanol–water partition coefficient (Wildman–Crippen LogP) is 5.91. The highest BCUT2D eigenvalue weighted by Gasteiger charge is 2.22. The van der Waals surface area contributed by atoms with E-state index in [0.717, 1.165) is 27.7 Å². The molecule has 0 spiro atoms. The Hall–Kier alpha value is -4.10. The number of aromatic hydroxyl groups is 1. The first-order chi connectivity index (χ1) is 16.6. The molecule has 1 heterocycles. The van der Waals surface area contributed by atoms with Gasteiger partial charge in [-0.15, -0.1) is 10.2 Å². The van der Waals surface area contributed by atoms with E-state index in [9.17, 15) is 9.90 Å². The molecule has 7 heteroatoms. The van der Waals surface area contributed by atoms with E-state index in [1.54, 1.807) is 24.3 Å². The Morgan fingerprint density at radius 3 is 2.38 bits per heavy atom. The molecule has 4 aromatic carbocycles. The molecule has 0 aliphatic heterocycles. The average Bonchev–Trinajstić information content (AvgIpc) is 3.28. The fourth-order valence-electron chi connectivity index (χ4n) is 3.73. The summed E-state index contributed by atoms with van der Waals surface area (Å²) >= 11 is 1.34. The van der Waals surface area contributed by atoms with Gasteiger partial charge in [0.15, 0.2) is 11.0 Å². The van der Waals surface area contributed by atoms with Gasteiger partial charge in [-0.1, -0.05) is 66.4 Å². The normalized spacial score (nSPS) is 11.9. The van der Waals surface area contributed by atoms with Crippen LogP contribution in [0.25, 0.3) is 27.8 Å². The van der Waals surface area contributed by atoms with Crippen molar-refractivity contribution in [2.24, 2.45) is 0 Å². The van der Waals surface area contributed by atoms with E-state index < -0.39 is 5.25 Å². The number of rotatable bonds is 6. The molecule has 6 nitrogen and oxygen atoms in total. The summed E-state index contributed by atoms with van der Waals surface area (Å²) in [5, 5.41) is 23.8. The maximum Gasteiger partial charge on any atom is 0.237 e. The molecule has 0 fully saturated rings. The molecule has 0 radical (unpaired) electrons. The van der Waals surface area contributed by atoms with Crippen LogP contribution in [-0.4, -0.2) is 31.0 Å². The van der Waals surface area contributed by atoms with Gasteiger partial charge < -0.3 is 10.4 Å². The van der Waals surface area contributed by atoms with Crippen LogP contribution in [0.4, 0.5) is 5.69 Å². The maximum atomic E-state index is 13.1. The molecule has 0 unspecified atom stereocenters. The van der Waals surface area contributed by atoms with Crippen LogP contribution in [0.5, 0.6) is 5.75 Å². The minimum atomic E-state index is -0.418. The molecule has 1 amide bonds. The lowest BCUT2D eigenvalue weighted by molar-refractivity contribution is -0.115. The number of phenols is 1. The lowest BCUT2D eigenvalue weighted by Gasteiger charge is -2.15. The van der Waals surface area contributed by atoms with Crippen molar-refractivity contribution in [3.8, 4) is 22.8 Å². The van der Waals surface area contributed by atoms with E-state index in [0.29, 0.717) is 11.0 Å². The molecular formula is C27H22N4O2S. The van der Waals surface area contributed by atoms with Gasteiger partial charge in [-0.05, 0) is 54.8 Å². The quantitative estimate of drug-likeness (QED) is 0.304. The van der Waals surface area contributed by atoms with Gasteiger partial charge in [-0.2, -0.15) is 0 Å². The van der Waals surface area contributed by atoms with E-state index in [1.165, 1.54) is 11.8 Å². The molecule has 5 rings (SSSR count). The third-order valence-electron chi connectivity index (χ3n) is 5.47. The standard InChI is InChI=1S/C27H22N4O2S/c1-18(26(33)28-24-13-7-9-19-8-5-6-12-23(19)24)34-27-30-29-25(20-14-16-22(32)17-15-20)31(27)21-10-3-2-4-11-21/h2-18,32H,1H3,(H,28,33)/t18-/m0/s1. The van der Waals surface area contributed by atoms with E-state index in [2.05, 4.69) is 15.5 Å². The second kappa shape index (κ2) is 9.41. The lowest BCUT2D eigenvalue weighted by atomic mass is 10.1. The summed E-state index contributed by atoms with van der Waals surface area (Å²) in [5.74, 6) is 0.702. The van der Waals surface area contributed by atoms with Crippen molar-refractivity contribution in [2.45, 2.75) is 17.3 Å². The Morgan fingerprint density at radius 1 is 0.882 bits per heavy atom. The minimum absolute atomic E-state index is 0.116. The average molecular weight is 467 g/mol. The monoisotopic (exact) mass is 466 g/mol. The molecule has 34 heavy (non-hydrogen) atoms. The van der Waals surface area contributed by atoms with Gasteiger partial charge in [0, 0.05) is 22.3 Å². The molecule has 0 aliphatic carbocycles. The zero-order valence-electron chi connectivity index (χ0n) is 18.4. The summed E-state index contributed by atoms with van der Waals surface area (Å²) in [7, 11) is 0. The number of fused-ring (bicyclic) bond motifs is 1. The number of hydrogen-bond donors (Lipinski definition) is 2. The number of carbonyl (C=O) groups excluding carboxylic acids is 1. The second-order valence-corrected chi connectivity index (χ2v) is 9.11. The summed E-state index contributed by atoms with van der Waals surface area (Å²) < 4.78 is 1.93. The van der Waals surface area contributed by atoms with Crippen LogP contribution in [0.2, 0.25) is 0 Å². The molecule has 0 saturated heterocycles. The number of anilines is 1. The SMILES string of the molecule is C[C@H](Sc1nnc(-c2ccc(O)cc2)n1-c1ccccc1)C(=O)Nc1cccc2ccccc12. The van der Waals surface area contributed by atoms with Crippen LogP contribution in [0, 0.1) is 0 Å². The zero-order valence-corrected chi connectivity index (χ0v) is 19.2. The Balaban J connectivity index is 1.44. The van der Waals surface area contributed by atoms with E-state index in [-0.39, 0.29) is 11.7 Å². The highest BCUT2D eigenvalue weighted by atomic mass is 32.2. The zero-order chi connectivity index (χ0) is 23.5. The Labute approximate surface area is 201 Å². The number of hydrogen-bond acceptors (Lipinski definition) is 5. The van der Waals surface area contributed by atoms with Gasteiger partial charge in [-0.25, -0.2) is 0 Å². The Bertz CT molecular complexity index is 1440. The molecule has 0 bridgehead atoms. The van der Waals surface area contributed by atoms with Crippen LogP contribution in [0.3, 0.4) is 0 Å². The number of phenolic OH excluding ortho intramolecular Hbond substituents is 1. The van der Waals surface area contributed by atoms with Crippen molar-refractivity contribution in [2.75, 3.05) is 5.32 Å². The van der Waals surface area contributed by atoms with Gasteiger partial charge in [0.05, 0.1) is 5.25 Å². The number of thioether (sulfide) groups is 1. The lowest BCUT2D eigenvalue weighted by Crippen LogP contribution is -2.23. The number of amides is 1. The molecule has 1 aromatic heterocycles. The van der Waals surface area contributed by atoms with Gasteiger partial charge in [-0.3, -0.25) is 9.36 Å². The van der Waals surface area contributed by atoms with Gasteiger partial charge >= 0.3 is 0 Å². The molecule has 0 saturated carbocycles. The van der Waals surface area contributed by atoms with Crippen LogP contribution >= 0.6 is 11.8 Å². The van der Waals surface area contributed by atoms with Crippen LogP contribution < -0.4 is 5.32 Å². The fraction of sp³-hybridized carbons (Fsp3) is 0.0741. The number of para-hydroxylation sites is 1. The highest BCUT2D eigenvalue weighted by Crippen LogP contribution is 2.31. The molecule has 168 valence electrons. The summed E-state index contributed by atoms with van der Waals surface area (Å²) in [6.45, 7) is 1.86. The molecule has 5 aromatic rings. The first kappa shape index (κ1) is 21.7. The van der Waals surface area contributed by atoms with Gasteiger partial charge in [0.1, 0.15) is 5.75 Å². The largest absolute Gasteiger partial charge is 0.508 e. The number of aromatic nitrogens is 3. The van der Waals surface area contributed by atoms with E-state index in [1.807, 2.05) is 84.3 Å². The summed E-state index contributed by atoms with van der Waals surface area (Å²) in [6, 6.07) is 30.4. The first-order valence-corrected chi connectivity index (χ1v) is 11.7. The first-order valence-electron chi connectivity index (χ1n) is 10.9. The van der Waals surface area contributed by atoms with Crippen molar-refractivity contribution >= 4 is 34.1 Å². The van der Waals surface area contributed by atoms with Crippen molar-refractivity contribution in [3.63, 3.8) is 0 Å². The Kier molecular flexibility index (Phi) is 6.01. The predicted molar refractivity (Wildman–Crippen MR) is 136 cm³/mol. The summed E-state index contributed by atoms with van der Waals surface area (Å²) in [5.41, 5.74) is 2.48. The number of nitrogens with zero attached hydrogens (tertiary/aromatic N) is 3. The van der Waals surface area contributed by atoms with Crippen LogP contribution in [-0.2, 0) is 4.79 Å². The summed E-state index contributed by atoms with van der Waals surface area (Å²) in [4.78, 5) is 13.1. The van der Waals surface area contributed by atoms with Gasteiger partial charge in [0.25, 0.3) is 0 Å². The van der Waals surface area contributed by atoms with Crippen molar-refractivity contribution < 1.29 is 9.90 Å². The maximum absolute atomic E-state index is 13.1. The summed E-state index contributed by atoms with van der Waals surface area (Å²) in [6.07, 6.45) is 0. The molecule has 2 N–H and O–H groups in total. The van der Waals surface area contributed by atoms with E-state index >= 15 is 0 Å². The van der Waals surface area contributed by atoms with Crippen molar-refractivity contribution in [1.82, 2.24) is 14.8 Å². The smallest absolute Gasteiger partial charge is 0.237 e. The minimum Gasteiger partial charge on any atom is -0.508 e. The fourth-order valence-corrected chi connectivity index (χ4v) is 4.60. The Morgan fingerprint density at radius 2 is 1.59 bits per heavy atom. The third-order valence-corrected chi connectivity index (χ3v) is 6.51. The highest BCUT2D eigenvalue weighted by molar-refractivity contribution is 8.00. The van der Waals surface area contributed by atoms with Crippen molar-refractivity contribution in [3.05, 3.63) is 97.1 Å². The van der Waals surface area contributed by atoms with Gasteiger partial charge in [0.2, 0.25) is 5.91 Å². The van der Waals surface area contributed by atoms with Crippen molar-refractivity contribution in [1.29, 1.82) is 0 Å². The number of carbonyl (C=O) groups is 1. The number of nitrogens with one attached hydrogen (secondary N) is 1. The topological polar surface area (TPSA) is 80.0 Å².